The molecule has 22 heavy (non-hydrogen) atoms. The van der Waals surface area contributed by atoms with E-state index in [0.29, 0.717) is 5.56 Å². The molecular weight excluding hydrogens is 276 g/mol. The Morgan fingerprint density at radius 2 is 1.68 bits per heavy atom. The molecule has 120 valence electrons. The average molecular weight is 302 g/mol. The Morgan fingerprint density at radius 1 is 1.14 bits per heavy atom. The molecule has 1 aliphatic heterocycles. The lowest BCUT2D eigenvalue weighted by Crippen LogP contribution is -2.51. The quantitative estimate of drug-likeness (QED) is 0.842. The molecule has 1 aliphatic rings. The zero-order valence-corrected chi connectivity index (χ0v) is 14.3. The number of benzene rings is 1. The molecule has 0 bridgehead atoms. The van der Waals surface area contributed by atoms with Crippen LogP contribution in [-0.4, -0.2) is 40.9 Å². The lowest BCUT2D eigenvalue weighted by atomic mass is 9.90. The van der Waals surface area contributed by atoms with Crippen LogP contribution in [0.15, 0.2) is 30.3 Å². The van der Waals surface area contributed by atoms with Gasteiger partial charge in [0.15, 0.2) is 0 Å². The summed E-state index contributed by atoms with van der Waals surface area (Å²) in [6, 6.07) is 8.81. The molecule has 1 fully saturated rings. The maximum absolute atomic E-state index is 13.1. The smallest absolute Gasteiger partial charge is 0.256 e. The highest BCUT2D eigenvalue weighted by Crippen LogP contribution is 2.37. The molecule has 0 spiro atoms. The Bertz CT molecular complexity index is 560. The minimum atomic E-state index is -0.401. The van der Waals surface area contributed by atoms with Gasteiger partial charge in [0, 0.05) is 18.0 Å². The van der Waals surface area contributed by atoms with Gasteiger partial charge in [-0.15, -0.1) is 0 Å². The van der Waals surface area contributed by atoms with Crippen molar-refractivity contribution < 1.29 is 9.59 Å². The lowest BCUT2D eigenvalue weighted by molar-refractivity contribution is -0.130. The van der Waals surface area contributed by atoms with E-state index < -0.39 is 6.04 Å². The first-order chi connectivity index (χ1) is 10.2. The molecule has 4 heteroatoms. The van der Waals surface area contributed by atoms with Crippen molar-refractivity contribution in [2.24, 2.45) is 11.3 Å². The van der Waals surface area contributed by atoms with E-state index in [-0.39, 0.29) is 29.3 Å². The van der Waals surface area contributed by atoms with E-state index in [1.165, 1.54) is 0 Å². The molecule has 1 heterocycles. The van der Waals surface area contributed by atoms with Crippen LogP contribution in [0.3, 0.4) is 0 Å². The number of hydrogen-bond donors (Lipinski definition) is 0. The molecular formula is C18H26N2O2. The topological polar surface area (TPSA) is 40.6 Å². The Kier molecular flexibility index (Phi) is 4.32. The summed E-state index contributed by atoms with van der Waals surface area (Å²) in [6.45, 7) is 10.2. The van der Waals surface area contributed by atoms with Crippen molar-refractivity contribution in [3.8, 4) is 0 Å². The van der Waals surface area contributed by atoms with Crippen molar-refractivity contribution in [3.63, 3.8) is 0 Å². The zero-order chi connectivity index (χ0) is 16.7. The number of amides is 2. The average Bonchev–Trinajstić information content (AvgIpc) is 2.71. The second-order valence-corrected chi connectivity index (χ2v) is 7.46. The second-order valence-electron chi connectivity index (χ2n) is 7.46. The largest absolute Gasteiger partial charge is 0.323 e. The first-order valence-electron chi connectivity index (χ1n) is 7.80. The predicted molar refractivity (Wildman–Crippen MR) is 87.3 cm³/mol. The van der Waals surface area contributed by atoms with Gasteiger partial charge in [-0.05, 0) is 18.1 Å². The number of carbonyl (C=O) groups excluding carboxylic acids is 2. The molecule has 0 N–H and O–H groups in total. The van der Waals surface area contributed by atoms with Crippen LogP contribution in [0.1, 0.15) is 45.0 Å². The monoisotopic (exact) mass is 302 g/mol. The molecule has 4 nitrogen and oxygen atoms in total. The Labute approximate surface area is 133 Å². The van der Waals surface area contributed by atoms with Crippen molar-refractivity contribution in [1.29, 1.82) is 0 Å². The van der Waals surface area contributed by atoms with E-state index in [1.807, 2.05) is 44.2 Å². The Morgan fingerprint density at radius 3 is 2.14 bits per heavy atom. The summed E-state index contributed by atoms with van der Waals surface area (Å²) in [5.74, 6) is 0.0334. The van der Waals surface area contributed by atoms with Gasteiger partial charge in [-0.1, -0.05) is 52.8 Å². The number of likely N-dealkylation sites (N-methyl/N-ethyl adjacent to an activating group) is 1. The normalized spacial score (nSPS) is 22.6. The van der Waals surface area contributed by atoms with E-state index in [0.717, 1.165) is 0 Å². The molecule has 2 atom stereocenters. The molecule has 1 saturated heterocycles. The summed E-state index contributed by atoms with van der Waals surface area (Å²) < 4.78 is 0. The minimum absolute atomic E-state index is 0.0270. The number of rotatable bonds is 2. The molecule has 0 saturated carbocycles. The van der Waals surface area contributed by atoms with Crippen LogP contribution in [0.25, 0.3) is 0 Å². The third-order valence-electron chi connectivity index (χ3n) is 4.19. The maximum Gasteiger partial charge on any atom is 0.256 e. The van der Waals surface area contributed by atoms with Gasteiger partial charge in [0.25, 0.3) is 5.91 Å². The van der Waals surface area contributed by atoms with Crippen molar-refractivity contribution in [2.45, 2.75) is 46.8 Å². The molecule has 2 rings (SSSR count). The molecule has 1 aromatic rings. The summed E-state index contributed by atoms with van der Waals surface area (Å²) in [6.07, 6.45) is -0.236. The van der Waals surface area contributed by atoms with Gasteiger partial charge in [-0.3, -0.25) is 9.59 Å². The summed E-state index contributed by atoms with van der Waals surface area (Å²) in [7, 11) is 1.80. The highest BCUT2D eigenvalue weighted by molar-refractivity contribution is 5.99. The van der Waals surface area contributed by atoms with Gasteiger partial charge in [-0.25, -0.2) is 0 Å². The van der Waals surface area contributed by atoms with Gasteiger partial charge < -0.3 is 9.80 Å². The summed E-state index contributed by atoms with van der Waals surface area (Å²) in [5, 5.41) is 0. The van der Waals surface area contributed by atoms with Crippen molar-refractivity contribution in [2.75, 3.05) is 7.05 Å². The van der Waals surface area contributed by atoms with Crippen LogP contribution in [0.4, 0.5) is 0 Å². The standard InChI is InChI=1S/C18H26N2O2/c1-12(2)14-16(22)19(6)17(18(3,4)5)20(14)15(21)13-10-8-7-9-11-13/h7-12,14,17H,1-6H3. The van der Waals surface area contributed by atoms with Crippen LogP contribution in [0, 0.1) is 11.3 Å². The van der Waals surface area contributed by atoms with E-state index >= 15 is 0 Å². The minimum Gasteiger partial charge on any atom is -0.323 e. The second kappa shape index (κ2) is 5.75. The predicted octanol–water partition coefficient (Wildman–Crippen LogP) is 3.00. The molecule has 0 aromatic heterocycles. The van der Waals surface area contributed by atoms with Crippen LogP contribution in [-0.2, 0) is 4.79 Å². The summed E-state index contributed by atoms with van der Waals surface area (Å²) >= 11 is 0. The number of carbonyl (C=O) groups is 2. The fourth-order valence-corrected chi connectivity index (χ4v) is 3.36. The first-order valence-corrected chi connectivity index (χ1v) is 7.80. The molecule has 1 aromatic carbocycles. The van der Waals surface area contributed by atoms with E-state index in [1.54, 1.807) is 16.8 Å². The zero-order valence-electron chi connectivity index (χ0n) is 14.3. The van der Waals surface area contributed by atoms with Gasteiger partial charge in [0.2, 0.25) is 5.91 Å². The molecule has 2 amide bonds. The van der Waals surface area contributed by atoms with Crippen molar-refractivity contribution in [1.82, 2.24) is 9.80 Å². The van der Waals surface area contributed by atoms with E-state index in [4.69, 9.17) is 0 Å². The van der Waals surface area contributed by atoms with Crippen LogP contribution in [0.5, 0.6) is 0 Å². The number of hydrogen-bond acceptors (Lipinski definition) is 2. The van der Waals surface area contributed by atoms with Gasteiger partial charge >= 0.3 is 0 Å². The maximum atomic E-state index is 13.1. The highest BCUT2D eigenvalue weighted by atomic mass is 16.2. The third-order valence-corrected chi connectivity index (χ3v) is 4.19. The molecule has 0 aliphatic carbocycles. The van der Waals surface area contributed by atoms with E-state index in [2.05, 4.69) is 20.8 Å². The third kappa shape index (κ3) is 2.74. The fourth-order valence-electron chi connectivity index (χ4n) is 3.36. The first kappa shape index (κ1) is 16.5. The van der Waals surface area contributed by atoms with Crippen molar-refractivity contribution >= 4 is 11.8 Å². The van der Waals surface area contributed by atoms with Gasteiger partial charge in [-0.2, -0.15) is 0 Å². The Balaban J connectivity index is 2.50. The fraction of sp³-hybridized carbons (Fsp3) is 0.556. The Hall–Kier alpha value is -1.84. The molecule has 2 unspecified atom stereocenters. The number of nitrogens with zero attached hydrogens (tertiary/aromatic N) is 2. The van der Waals surface area contributed by atoms with Crippen LogP contribution >= 0.6 is 0 Å². The SMILES string of the molecule is CC(C)C1C(=O)N(C)C(C(C)(C)C)N1C(=O)c1ccccc1. The van der Waals surface area contributed by atoms with Gasteiger partial charge in [0.05, 0.1) is 0 Å². The lowest BCUT2D eigenvalue weighted by Gasteiger charge is -2.39. The van der Waals surface area contributed by atoms with E-state index in [9.17, 15) is 9.59 Å². The molecule has 0 radical (unpaired) electrons. The van der Waals surface area contributed by atoms with Crippen LogP contribution in [0.2, 0.25) is 0 Å². The summed E-state index contributed by atoms with van der Waals surface area (Å²) in [4.78, 5) is 29.2. The summed E-state index contributed by atoms with van der Waals surface area (Å²) in [5.41, 5.74) is 0.420. The van der Waals surface area contributed by atoms with Crippen molar-refractivity contribution in [3.05, 3.63) is 35.9 Å². The highest BCUT2D eigenvalue weighted by Gasteiger charge is 2.52. The van der Waals surface area contributed by atoms with Gasteiger partial charge in [0.1, 0.15) is 12.2 Å². The van der Waals surface area contributed by atoms with Crippen LogP contribution < -0.4 is 0 Å².